The van der Waals surface area contributed by atoms with Crippen LogP contribution in [-0.4, -0.2) is 32.0 Å². The molecule has 1 atom stereocenters. The molecule has 0 aliphatic rings. The van der Waals surface area contributed by atoms with Gasteiger partial charge in [-0.25, -0.2) is 0 Å². The van der Waals surface area contributed by atoms with Gasteiger partial charge in [-0.1, -0.05) is 35.3 Å². The number of anilines is 2. The van der Waals surface area contributed by atoms with Crippen LogP contribution in [0.3, 0.4) is 0 Å². The van der Waals surface area contributed by atoms with E-state index in [1.807, 2.05) is 32.0 Å². The monoisotopic (exact) mass is 394 g/mol. The number of aryl methyl sites for hydroxylation is 1. The fraction of sp³-hybridized carbons (Fsp3) is 0.263. The molecule has 0 aromatic heterocycles. The first kappa shape index (κ1) is 20.2. The summed E-state index contributed by atoms with van der Waals surface area (Å²) in [4.78, 5) is 25.1. The van der Waals surface area contributed by atoms with Crippen molar-refractivity contribution in [1.29, 1.82) is 0 Å². The number of carbonyl (C=O) groups excluding carboxylic acids is 2. The number of benzene rings is 2. The Bertz CT molecular complexity index is 824. The van der Waals surface area contributed by atoms with Gasteiger partial charge in [0.1, 0.15) is 0 Å². The second-order valence-corrected chi connectivity index (χ2v) is 7.10. The summed E-state index contributed by atoms with van der Waals surface area (Å²) in [5.74, 6) is -0.348. The molecule has 0 heterocycles. The van der Waals surface area contributed by atoms with Crippen LogP contribution in [0, 0.1) is 13.8 Å². The fourth-order valence-corrected chi connectivity index (χ4v) is 2.77. The second-order valence-electron chi connectivity index (χ2n) is 6.28. The molecule has 2 amide bonds. The first-order valence-corrected chi connectivity index (χ1v) is 8.94. The standard InChI is InChI=1S/C19H21Cl2N3O2/c1-12-5-4-6-17(13(12)2)23-19(26)11-24(3)10-18(25)22-14-7-8-15(20)16(21)9-14/h4-9H,10-11H2,1-3H3,(H,22,25)(H,23,26)/p+1. The lowest BCUT2D eigenvalue weighted by molar-refractivity contribution is -0.862. The maximum absolute atomic E-state index is 12.2. The molecule has 0 bridgehead atoms. The summed E-state index contributed by atoms with van der Waals surface area (Å²) in [5, 5.41) is 6.44. The van der Waals surface area contributed by atoms with Crippen LogP contribution in [-0.2, 0) is 9.59 Å². The van der Waals surface area contributed by atoms with Gasteiger partial charge in [-0.3, -0.25) is 9.59 Å². The summed E-state index contributed by atoms with van der Waals surface area (Å²) in [5.41, 5.74) is 3.51. The minimum Gasteiger partial charge on any atom is -0.322 e. The highest BCUT2D eigenvalue weighted by atomic mass is 35.5. The van der Waals surface area contributed by atoms with Gasteiger partial charge in [-0.15, -0.1) is 0 Å². The van der Waals surface area contributed by atoms with Gasteiger partial charge in [-0.05, 0) is 49.2 Å². The van der Waals surface area contributed by atoms with Gasteiger partial charge < -0.3 is 15.5 Å². The van der Waals surface area contributed by atoms with Crippen LogP contribution in [0.25, 0.3) is 0 Å². The minimum absolute atomic E-state index is 0.140. The molecule has 1 unspecified atom stereocenters. The molecule has 0 aliphatic carbocycles. The number of likely N-dealkylation sites (N-methyl/N-ethyl adjacent to an activating group) is 1. The van der Waals surface area contributed by atoms with Crippen LogP contribution in [0.15, 0.2) is 36.4 Å². The van der Waals surface area contributed by atoms with E-state index in [0.29, 0.717) is 15.7 Å². The zero-order valence-electron chi connectivity index (χ0n) is 15.0. The van der Waals surface area contributed by atoms with E-state index in [1.165, 1.54) is 0 Å². The highest BCUT2D eigenvalue weighted by Gasteiger charge is 2.15. The SMILES string of the molecule is Cc1cccc(NC(=O)C[NH+](C)CC(=O)Nc2ccc(Cl)c(Cl)c2)c1C. The largest absolute Gasteiger partial charge is 0.322 e. The molecule has 0 saturated carbocycles. The Morgan fingerprint density at radius 1 is 0.962 bits per heavy atom. The topological polar surface area (TPSA) is 62.6 Å². The van der Waals surface area contributed by atoms with E-state index in [0.717, 1.165) is 21.7 Å². The average Bonchev–Trinajstić information content (AvgIpc) is 2.55. The molecule has 0 aliphatic heterocycles. The van der Waals surface area contributed by atoms with E-state index in [2.05, 4.69) is 10.6 Å². The van der Waals surface area contributed by atoms with Crippen molar-refractivity contribution in [2.75, 3.05) is 30.8 Å². The molecule has 3 N–H and O–H groups in total. The number of carbonyl (C=O) groups is 2. The van der Waals surface area contributed by atoms with Crippen molar-refractivity contribution in [1.82, 2.24) is 0 Å². The Labute approximate surface area is 163 Å². The number of rotatable bonds is 6. The summed E-state index contributed by atoms with van der Waals surface area (Å²) in [6.07, 6.45) is 0. The number of halogens is 2. The van der Waals surface area contributed by atoms with Crippen molar-refractivity contribution in [3.8, 4) is 0 Å². The summed E-state index contributed by atoms with van der Waals surface area (Å²) in [6, 6.07) is 10.6. The maximum atomic E-state index is 12.2. The highest BCUT2D eigenvalue weighted by molar-refractivity contribution is 6.42. The molecular weight excluding hydrogens is 373 g/mol. The zero-order chi connectivity index (χ0) is 19.3. The van der Waals surface area contributed by atoms with Gasteiger partial charge in [0, 0.05) is 11.4 Å². The quantitative estimate of drug-likeness (QED) is 0.705. The van der Waals surface area contributed by atoms with Gasteiger partial charge >= 0.3 is 0 Å². The molecule has 2 rings (SSSR count). The summed E-state index contributed by atoms with van der Waals surface area (Å²) >= 11 is 11.8. The van der Waals surface area contributed by atoms with E-state index in [9.17, 15) is 9.59 Å². The lowest BCUT2D eigenvalue weighted by Gasteiger charge is -2.15. The third kappa shape index (κ3) is 5.73. The highest BCUT2D eigenvalue weighted by Crippen LogP contribution is 2.24. The minimum atomic E-state index is -0.208. The predicted octanol–water partition coefficient (Wildman–Crippen LogP) is 2.70. The first-order valence-electron chi connectivity index (χ1n) is 8.18. The normalized spacial score (nSPS) is 11.7. The maximum Gasteiger partial charge on any atom is 0.279 e. The molecule has 2 aromatic carbocycles. The fourth-order valence-electron chi connectivity index (χ4n) is 2.47. The molecule has 0 spiro atoms. The number of amides is 2. The van der Waals surface area contributed by atoms with Crippen LogP contribution in [0.5, 0.6) is 0 Å². The molecule has 7 heteroatoms. The Morgan fingerprint density at radius 2 is 1.62 bits per heavy atom. The van der Waals surface area contributed by atoms with Crippen LogP contribution >= 0.6 is 23.2 Å². The smallest absolute Gasteiger partial charge is 0.279 e. The Balaban J connectivity index is 1.86. The van der Waals surface area contributed by atoms with E-state index in [1.54, 1.807) is 25.2 Å². The Kier molecular flexibility index (Phi) is 7.03. The van der Waals surface area contributed by atoms with Gasteiger partial charge in [0.15, 0.2) is 13.1 Å². The zero-order valence-corrected chi connectivity index (χ0v) is 16.5. The van der Waals surface area contributed by atoms with Crippen LogP contribution in [0.2, 0.25) is 10.0 Å². The van der Waals surface area contributed by atoms with Gasteiger partial charge in [0.05, 0.1) is 17.1 Å². The summed E-state index contributed by atoms with van der Waals surface area (Å²) in [7, 11) is 1.79. The number of quaternary nitrogens is 1. The van der Waals surface area contributed by atoms with E-state index < -0.39 is 0 Å². The predicted molar refractivity (Wildman–Crippen MR) is 106 cm³/mol. The molecule has 26 heavy (non-hydrogen) atoms. The molecule has 2 aromatic rings. The molecule has 0 fully saturated rings. The van der Waals surface area contributed by atoms with Crippen molar-refractivity contribution in [3.05, 3.63) is 57.6 Å². The number of nitrogens with one attached hydrogen (secondary N) is 3. The summed E-state index contributed by atoms with van der Waals surface area (Å²) in [6.45, 7) is 4.30. The third-order valence-corrected chi connectivity index (χ3v) is 4.75. The van der Waals surface area contributed by atoms with Crippen molar-refractivity contribution in [2.24, 2.45) is 0 Å². The molecule has 0 saturated heterocycles. The molecule has 5 nitrogen and oxygen atoms in total. The molecule has 0 radical (unpaired) electrons. The summed E-state index contributed by atoms with van der Waals surface area (Å²) < 4.78 is 0. The van der Waals surface area contributed by atoms with E-state index in [4.69, 9.17) is 23.2 Å². The lowest BCUT2D eigenvalue weighted by atomic mass is 10.1. The third-order valence-electron chi connectivity index (χ3n) is 4.01. The average molecular weight is 395 g/mol. The first-order chi connectivity index (χ1) is 12.3. The molecular formula is C19H22Cl2N3O2+. The van der Waals surface area contributed by atoms with Crippen LogP contribution < -0.4 is 15.5 Å². The molecule has 138 valence electrons. The number of hydrogen-bond donors (Lipinski definition) is 3. The van der Waals surface area contributed by atoms with Crippen LogP contribution in [0.1, 0.15) is 11.1 Å². The van der Waals surface area contributed by atoms with E-state index >= 15 is 0 Å². The Morgan fingerprint density at radius 3 is 2.27 bits per heavy atom. The van der Waals surface area contributed by atoms with Crippen LogP contribution in [0.4, 0.5) is 11.4 Å². The van der Waals surface area contributed by atoms with E-state index in [-0.39, 0.29) is 24.9 Å². The van der Waals surface area contributed by atoms with Crippen molar-refractivity contribution in [3.63, 3.8) is 0 Å². The van der Waals surface area contributed by atoms with Gasteiger partial charge in [0.2, 0.25) is 0 Å². The van der Waals surface area contributed by atoms with Gasteiger partial charge in [0.25, 0.3) is 11.8 Å². The Hall–Kier alpha value is -2.08. The number of hydrogen-bond acceptors (Lipinski definition) is 2. The van der Waals surface area contributed by atoms with Crippen molar-refractivity contribution < 1.29 is 14.5 Å². The van der Waals surface area contributed by atoms with Crippen molar-refractivity contribution >= 4 is 46.4 Å². The van der Waals surface area contributed by atoms with Crippen molar-refractivity contribution in [2.45, 2.75) is 13.8 Å². The second kappa shape index (κ2) is 9.03. The lowest BCUT2D eigenvalue weighted by Crippen LogP contribution is -3.11. The van der Waals surface area contributed by atoms with Gasteiger partial charge in [-0.2, -0.15) is 0 Å².